The summed E-state index contributed by atoms with van der Waals surface area (Å²) in [5, 5.41) is 18.3. The van der Waals surface area contributed by atoms with Crippen molar-refractivity contribution in [2.75, 3.05) is 28.7 Å². The summed E-state index contributed by atoms with van der Waals surface area (Å²) >= 11 is 12.7. The number of aromatic nitrogens is 3. The molecule has 36 heavy (non-hydrogen) atoms. The monoisotopic (exact) mass is 516 g/mol. The van der Waals surface area contributed by atoms with Crippen molar-refractivity contribution in [2.45, 2.75) is 13.0 Å². The number of halogens is 2. The van der Waals surface area contributed by atoms with Gasteiger partial charge in [0.2, 0.25) is 5.95 Å². The van der Waals surface area contributed by atoms with Crippen LogP contribution in [0.25, 0.3) is 11.3 Å². The summed E-state index contributed by atoms with van der Waals surface area (Å²) in [4.78, 5) is 13.6. The van der Waals surface area contributed by atoms with Crippen molar-refractivity contribution in [1.29, 1.82) is 5.26 Å². The molecule has 0 saturated heterocycles. The van der Waals surface area contributed by atoms with Crippen molar-refractivity contribution in [3.8, 4) is 17.3 Å². The molecule has 3 N–H and O–H groups in total. The number of rotatable bonds is 7. The zero-order valence-electron chi connectivity index (χ0n) is 19.3. The van der Waals surface area contributed by atoms with Gasteiger partial charge in [0.1, 0.15) is 23.3 Å². The predicted octanol–water partition coefficient (Wildman–Crippen LogP) is 5.33. The molecular weight excluding hydrogens is 495 g/mol. The molecule has 0 saturated carbocycles. The molecule has 0 bridgehead atoms. The molecule has 1 aliphatic heterocycles. The third kappa shape index (κ3) is 5.04. The number of hydrogen-bond acceptors (Lipinski definition) is 8. The lowest BCUT2D eigenvalue weighted by Gasteiger charge is -2.22. The Hall–Kier alpha value is -3.90. The van der Waals surface area contributed by atoms with Crippen LogP contribution in [-0.4, -0.2) is 34.1 Å². The topological polar surface area (TPSA) is 102 Å². The van der Waals surface area contributed by atoms with E-state index in [1.807, 2.05) is 11.1 Å². The number of hydrazine groups is 1. The van der Waals surface area contributed by atoms with Crippen LogP contribution in [0, 0.1) is 11.3 Å². The van der Waals surface area contributed by atoms with Crippen LogP contribution in [-0.2, 0) is 0 Å². The summed E-state index contributed by atoms with van der Waals surface area (Å²) in [5.41, 5.74) is 8.59. The molecule has 0 spiro atoms. The van der Waals surface area contributed by atoms with Gasteiger partial charge in [-0.3, -0.25) is 5.01 Å². The van der Waals surface area contributed by atoms with Crippen LogP contribution < -0.4 is 21.1 Å². The molecule has 1 atom stereocenters. The normalized spacial score (nSPS) is 16.2. The highest BCUT2D eigenvalue weighted by Gasteiger charge is 2.28. The Bertz CT molecular complexity index is 1420. The zero-order chi connectivity index (χ0) is 25.1. The predicted molar refractivity (Wildman–Crippen MR) is 144 cm³/mol. The van der Waals surface area contributed by atoms with Crippen molar-refractivity contribution >= 4 is 40.7 Å². The van der Waals surface area contributed by atoms with E-state index in [1.165, 1.54) is 17.3 Å². The lowest BCUT2D eigenvalue weighted by Crippen LogP contribution is -2.36. The smallest absolute Gasteiger partial charge is 0.223 e. The van der Waals surface area contributed by atoms with Gasteiger partial charge in [-0.15, -0.1) is 0 Å². The molecule has 8 nitrogen and oxygen atoms in total. The second-order valence-corrected chi connectivity index (χ2v) is 9.09. The average Bonchev–Trinajstić information content (AvgIpc) is 3.32. The Morgan fingerprint density at radius 1 is 1.11 bits per heavy atom. The first-order valence-corrected chi connectivity index (χ1v) is 12.1. The number of allylic oxidation sites excluding steroid dienone is 2. The number of pyridine rings is 1. The fourth-order valence-corrected chi connectivity index (χ4v) is 4.46. The minimum absolute atomic E-state index is 0.0863. The van der Waals surface area contributed by atoms with Crippen molar-refractivity contribution in [3.63, 3.8) is 0 Å². The van der Waals surface area contributed by atoms with Crippen LogP contribution in [0.1, 0.15) is 12.5 Å². The van der Waals surface area contributed by atoms with Gasteiger partial charge in [0.05, 0.1) is 22.8 Å². The molecule has 1 unspecified atom stereocenters. The Labute approximate surface area is 219 Å². The van der Waals surface area contributed by atoms with Crippen molar-refractivity contribution in [1.82, 2.24) is 20.4 Å². The van der Waals surface area contributed by atoms with Gasteiger partial charge < -0.3 is 10.6 Å². The number of anilines is 3. The Morgan fingerprint density at radius 3 is 2.72 bits per heavy atom. The van der Waals surface area contributed by atoms with E-state index in [4.69, 9.17) is 33.4 Å². The standard InChI is InChI=1S/C26H22Cl2N8/c1-16-3-2-4-22-20(16)15-36(35-22)23-14-33-26(34-25(23)19-7-6-18(27)11-21(19)28)31-10-9-30-24-8-5-17(12-29)13-32-24/h2-8,11,13-15,22,35H,9-10H2,1H3,(H,30,32)(H,31,33,34). The Balaban J connectivity index is 1.37. The lowest BCUT2D eigenvalue weighted by molar-refractivity contribution is 0.710. The fraction of sp³-hybridized carbons (Fsp3) is 0.154. The molecule has 2 aromatic heterocycles. The highest BCUT2D eigenvalue weighted by molar-refractivity contribution is 6.36. The van der Waals surface area contributed by atoms with Crippen molar-refractivity contribution in [3.05, 3.63) is 93.9 Å². The molecule has 3 aromatic rings. The van der Waals surface area contributed by atoms with Crippen LogP contribution in [0.4, 0.5) is 17.5 Å². The van der Waals surface area contributed by atoms with E-state index in [2.05, 4.69) is 63.4 Å². The first-order valence-electron chi connectivity index (χ1n) is 11.3. The minimum atomic E-state index is 0.0863. The maximum Gasteiger partial charge on any atom is 0.223 e. The third-order valence-electron chi connectivity index (χ3n) is 5.81. The lowest BCUT2D eigenvalue weighted by atomic mass is 9.97. The molecule has 5 rings (SSSR count). The van der Waals surface area contributed by atoms with Gasteiger partial charge in [-0.25, -0.2) is 20.4 Å². The molecule has 0 fully saturated rings. The summed E-state index contributed by atoms with van der Waals surface area (Å²) in [6.07, 6.45) is 11.6. The number of nitriles is 1. The third-order valence-corrected chi connectivity index (χ3v) is 6.36. The van der Waals surface area contributed by atoms with Gasteiger partial charge in [0.25, 0.3) is 0 Å². The Morgan fingerprint density at radius 2 is 1.97 bits per heavy atom. The summed E-state index contributed by atoms with van der Waals surface area (Å²) in [6, 6.07) is 11.0. The number of hydrogen-bond donors (Lipinski definition) is 3. The molecule has 180 valence electrons. The zero-order valence-corrected chi connectivity index (χ0v) is 20.8. The van der Waals surface area contributed by atoms with Gasteiger partial charge in [-0.2, -0.15) is 5.26 Å². The Kier molecular flexibility index (Phi) is 6.87. The first-order chi connectivity index (χ1) is 17.5. The molecule has 0 radical (unpaired) electrons. The van der Waals surface area contributed by atoms with E-state index in [-0.39, 0.29) is 6.04 Å². The van der Waals surface area contributed by atoms with Crippen LogP contribution in [0.5, 0.6) is 0 Å². The van der Waals surface area contributed by atoms with Crippen molar-refractivity contribution in [2.24, 2.45) is 0 Å². The first kappa shape index (κ1) is 23.8. The second kappa shape index (κ2) is 10.4. The summed E-state index contributed by atoms with van der Waals surface area (Å²) in [5.74, 6) is 1.16. The number of nitrogens with one attached hydrogen (secondary N) is 3. The molecule has 0 amide bonds. The van der Waals surface area contributed by atoms with Crippen LogP contribution in [0.15, 0.2) is 78.3 Å². The molecule has 1 aliphatic carbocycles. The van der Waals surface area contributed by atoms with Crippen LogP contribution in [0.2, 0.25) is 10.0 Å². The van der Waals surface area contributed by atoms with Gasteiger partial charge in [0.15, 0.2) is 0 Å². The SMILES string of the molecule is CC1=CC=CC2NN(c3cnc(NCCNc4ccc(C#N)cn4)nc3-c3ccc(Cl)cc3Cl)C=C12. The highest BCUT2D eigenvalue weighted by atomic mass is 35.5. The quantitative estimate of drug-likeness (QED) is 0.362. The number of fused-ring (bicyclic) bond motifs is 1. The largest absolute Gasteiger partial charge is 0.368 e. The molecule has 3 heterocycles. The summed E-state index contributed by atoms with van der Waals surface area (Å²) < 4.78 is 0. The summed E-state index contributed by atoms with van der Waals surface area (Å²) in [6.45, 7) is 3.23. The van der Waals surface area contributed by atoms with Gasteiger partial charge in [-0.1, -0.05) is 41.4 Å². The molecular formula is C26H22Cl2N8. The maximum absolute atomic E-state index is 8.89. The van der Waals surface area contributed by atoms with E-state index in [0.29, 0.717) is 46.2 Å². The van der Waals surface area contributed by atoms with Gasteiger partial charge in [0, 0.05) is 36.1 Å². The van der Waals surface area contributed by atoms with E-state index in [0.717, 1.165) is 11.3 Å². The van der Waals surface area contributed by atoms with Crippen LogP contribution in [0.3, 0.4) is 0 Å². The molecule has 2 aliphatic rings. The molecule has 1 aromatic carbocycles. The van der Waals surface area contributed by atoms with Gasteiger partial charge in [-0.05, 0) is 48.4 Å². The van der Waals surface area contributed by atoms with E-state index in [1.54, 1.807) is 30.5 Å². The average molecular weight is 517 g/mol. The minimum Gasteiger partial charge on any atom is -0.368 e. The summed E-state index contributed by atoms with van der Waals surface area (Å²) in [7, 11) is 0. The second-order valence-electron chi connectivity index (χ2n) is 8.24. The van der Waals surface area contributed by atoms with E-state index >= 15 is 0 Å². The van der Waals surface area contributed by atoms with E-state index < -0.39 is 0 Å². The molecule has 10 heteroatoms. The number of benzene rings is 1. The maximum atomic E-state index is 8.89. The fourth-order valence-electron chi connectivity index (χ4n) is 3.96. The van der Waals surface area contributed by atoms with Crippen LogP contribution >= 0.6 is 23.2 Å². The van der Waals surface area contributed by atoms with Gasteiger partial charge >= 0.3 is 0 Å². The van der Waals surface area contributed by atoms with Crippen molar-refractivity contribution < 1.29 is 0 Å². The number of nitrogens with zero attached hydrogens (tertiary/aromatic N) is 5. The highest BCUT2D eigenvalue weighted by Crippen LogP contribution is 2.37. The van der Waals surface area contributed by atoms with E-state index in [9.17, 15) is 0 Å².